The van der Waals surface area contributed by atoms with Crippen molar-refractivity contribution in [2.75, 3.05) is 26.2 Å². The van der Waals surface area contributed by atoms with Gasteiger partial charge in [-0.15, -0.1) is 0 Å². The summed E-state index contributed by atoms with van der Waals surface area (Å²) in [6, 6.07) is 0. The maximum absolute atomic E-state index is 3.37. The summed E-state index contributed by atoms with van der Waals surface area (Å²) in [6.45, 7) is 12.3. The molecule has 2 rings (SSSR count). The Morgan fingerprint density at radius 3 is 2.57 bits per heavy atom. The quantitative estimate of drug-likeness (QED) is 0.739. The Bertz CT molecular complexity index is 196. The number of likely N-dealkylation sites (tertiary alicyclic amines) is 1. The third kappa shape index (κ3) is 1.96. The predicted molar refractivity (Wildman–Crippen MR) is 60.4 cm³/mol. The van der Waals surface area contributed by atoms with Crippen molar-refractivity contribution in [1.82, 2.24) is 10.2 Å². The highest BCUT2D eigenvalue weighted by atomic mass is 15.2. The van der Waals surface area contributed by atoms with E-state index in [0.29, 0.717) is 5.54 Å². The molecule has 1 N–H and O–H groups in total. The van der Waals surface area contributed by atoms with Crippen molar-refractivity contribution in [2.24, 2.45) is 11.8 Å². The predicted octanol–water partition coefficient (Wildman–Crippen LogP) is 1.72. The SMILES string of the molecule is CC(CN1CCCC1(C)C)C1CNC1. The fourth-order valence-corrected chi connectivity index (χ4v) is 2.71. The van der Waals surface area contributed by atoms with Crippen molar-refractivity contribution >= 4 is 0 Å². The van der Waals surface area contributed by atoms with Crippen LogP contribution in [0, 0.1) is 11.8 Å². The van der Waals surface area contributed by atoms with Crippen LogP contribution in [0.2, 0.25) is 0 Å². The van der Waals surface area contributed by atoms with E-state index >= 15 is 0 Å². The second kappa shape index (κ2) is 3.82. The van der Waals surface area contributed by atoms with Crippen molar-refractivity contribution in [3.63, 3.8) is 0 Å². The monoisotopic (exact) mass is 196 g/mol. The van der Waals surface area contributed by atoms with E-state index in [2.05, 4.69) is 31.0 Å². The van der Waals surface area contributed by atoms with Gasteiger partial charge in [-0.05, 0) is 58.2 Å². The Hall–Kier alpha value is -0.0800. The highest BCUT2D eigenvalue weighted by Crippen LogP contribution is 2.30. The summed E-state index contributed by atoms with van der Waals surface area (Å²) in [4.78, 5) is 2.69. The van der Waals surface area contributed by atoms with Gasteiger partial charge in [0.1, 0.15) is 0 Å². The molecule has 2 heteroatoms. The van der Waals surface area contributed by atoms with Crippen LogP contribution in [0.4, 0.5) is 0 Å². The van der Waals surface area contributed by atoms with Crippen molar-refractivity contribution in [3.05, 3.63) is 0 Å². The number of nitrogens with one attached hydrogen (secondary N) is 1. The zero-order valence-electron chi connectivity index (χ0n) is 9.84. The standard InChI is InChI=1S/C12H24N2/c1-10(11-7-13-8-11)9-14-6-4-5-12(14,2)3/h10-11,13H,4-9H2,1-3H3. The molecule has 0 aromatic heterocycles. The zero-order chi connectivity index (χ0) is 10.2. The van der Waals surface area contributed by atoms with Crippen LogP contribution in [0.1, 0.15) is 33.6 Å². The molecule has 14 heavy (non-hydrogen) atoms. The summed E-state index contributed by atoms with van der Waals surface area (Å²) in [5, 5.41) is 3.37. The van der Waals surface area contributed by atoms with Crippen LogP contribution >= 0.6 is 0 Å². The summed E-state index contributed by atoms with van der Waals surface area (Å²) < 4.78 is 0. The van der Waals surface area contributed by atoms with Gasteiger partial charge < -0.3 is 5.32 Å². The van der Waals surface area contributed by atoms with Gasteiger partial charge in [-0.25, -0.2) is 0 Å². The second-order valence-corrected chi connectivity index (χ2v) is 5.76. The first-order chi connectivity index (χ1) is 6.59. The van der Waals surface area contributed by atoms with Gasteiger partial charge in [0.2, 0.25) is 0 Å². The lowest BCUT2D eigenvalue weighted by atomic mass is 9.88. The summed E-state index contributed by atoms with van der Waals surface area (Å²) in [7, 11) is 0. The van der Waals surface area contributed by atoms with Crippen LogP contribution in [0.25, 0.3) is 0 Å². The molecule has 2 nitrogen and oxygen atoms in total. The third-order valence-corrected chi connectivity index (χ3v) is 4.20. The lowest BCUT2D eigenvalue weighted by Crippen LogP contribution is -2.50. The smallest absolute Gasteiger partial charge is 0.0153 e. The van der Waals surface area contributed by atoms with Crippen LogP contribution in [-0.4, -0.2) is 36.6 Å². The minimum atomic E-state index is 0.464. The molecule has 1 atom stereocenters. The van der Waals surface area contributed by atoms with E-state index in [1.807, 2.05) is 0 Å². The Morgan fingerprint density at radius 2 is 2.14 bits per heavy atom. The van der Waals surface area contributed by atoms with Gasteiger partial charge in [0.05, 0.1) is 0 Å². The molecule has 2 aliphatic rings. The topological polar surface area (TPSA) is 15.3 Å². The van der Waals surface area contributed by atoms with Gasteiger partial charge in [-0.3, -0.25) is 4.90 Å². The molecule has 0 saturated carbocycles. The second-order valence-electron chi connectivity index (χ2n) is 5.76. The molecule has 2 aliphatic heterocycles. The highest BCUT2D eigenvalue weighted by Gasteiger charge is 2.34. The first-order valence-electron chi connectivity index (χ1n) is 6.05. The van der Waals surface area contributed by atoms with Crippen molar-refractivity contribution < 1.29 is 0 Å². The van der Waals surface area contributed by atoms with Gasteiger partial charge in [0.15, 0.2) is 0 Å². The van der Waals surface area contributed by atoms with E-state index in [-0.39, 0.29) is 0 Å². The Balaban J connectivity index is 1.83. The molecule has 0 bridgehead atoms. The van der Waals surface area contributed by atoms with Gasteiger partial charge >= 0.3 is 0 Å². The molecule has 2 heterocycles. The molecular formula is C12H24N2. The summed E-state index contributed by atoms with van der Waals surface area (Å²) in [6.07, 6.45) is 2.77. The first kappa shape index (κ1) is 10.4. The molecule has 0 aliphatic carbocycles. The summed E-state index contributed by atoms with van der Waals surface area (Å²) >= 11 is 0. The van der Waals surface area contributed by atoms with E-state index in [0.717, 1.165) is 11.8 Å². The van der Waals surface area contributed by atoms with E-state index in [1.165, 1.54) is 39.0 Å². The van der Waals surface area contributed by atoms with Gasteiger partial charge in [0, 0.05) is 12.1 Å². The van der Waals surface area contributed by atoms with E-state index in [4.69, 9.17) is 0 Å². The number of hydrogen-bond acceptors (Lipinski definition) is 2. The average Bonchev–Trinajstić information content (AvgIpc) is 2.27. The molecule has 0 amide bonds. The number of nitrogens with zero attached hydrogens (tertiary/aromatic N) is 1. The van der Waals surface area contributed by atoms with Crippen molar-refractivity contribution in [3.8, 4) is 0 Å². The molecular weight excluding hydrogens is 172 g/mol. The Labute approximate surface area is 88.1 Å². The Morgan fingerprint density at radius 1 is 1.43 bits per heavy atom. The van der Waals surface area contributed by atoms with Crippen LogP contribution in [0.3, 0.4) is 0 Å². The Kier molecular flexibility index (Phi) is 2.85. The molecule has 0 spiro atoms. The molecule has 1 unspecified atom stereocenters. The van der Waals surface area contributed by atoms with E-state index in [9.17, 15) is 0 Å². The molecule has 0 radical (unpaired) electrons. The molecule has 0 aromatic carbocycles. The summed E-state index contributed by atoms with van der Waals surface area (Å²) in [5.41, 5.74) is 0.464. The van der Waals surface area contributed by atoms with Crippen LogP contribution in [0.5, 0.6) is 0 Å². The number of hydrogen-bond donors (Lipinski definition) is 1. The maximum atomic E-state index is 3.37. The van der Waals surface area contributed by atoms with E-state index < -0.39 is 0 Å². The van der Waals surface area contributed by atoms with Gasteiger partial charge in [-0.2, -0.15) is 0 Å². The van der Waals surface area contributed by atoms with Gasteiger partial charge in [-0.1, -0.05) is 6.92 Å². The maximum Gasteiger partial charge on any atom is 0.0153 e. The highest BCUT2D eigenvalue weighted by molar-refractivity contribution is 4.90. The van der Waals surface area contributed by atoms with Crippen molar-refractivity contribution in [1.29, 1.82) is 0 Å². The zero-order valence-corrected chi connectivity index (χ0v) is 9.84. The third-order valence-electron chi connectivity index (χ3n) is 4.20. The molecule has 0 aromatic rings. The summed E-state index contributed by atoms with van der Waals surface area (Å²) in [5.74, 6) is 1.81. The average molecular weight is 196 g/mol. The lowest BCUT2D eigenvalue weighted by Gasteiger charge is -2.39. The lowest BCUT2D eigenvalue weighted by molar-refractivity contribution is 0.115. The van der Waals surface area contributed by atoms with Gasteiger partial charge in [0.25, 0.3) is 0 Å². The minimum Gasteiger partial charge on any atom is -0.316 e. The fourth-order valence-electron chi connectivity index (χ4n) is 2.71. The minimum absolute atomic E-state index is 0.464. The van der Waals surface area contributed by atoms with E-state index in [1.54, 1.807) is 0 Å². The van der Waals surface area contributed by atoms with Crippen molar-refractivity contribution in [2.45, 2.75) is 39.2 Å². The largest absolute Gasteiger partial charge is 0.316 e. The first-order valence-corrected chi connectivity index (χ1v) is 6.05. The van der Waals surface area contributed by atoms with Crippen LogP contribution in [-0.2, 0) is 0 Å². The molecule has 2 saturated heterocycles. The fraction of sp³-hybridized carbons (Fsp3) is 1.00. The normalized spacial score (nSPS) is 30.2. The van der Waals surface area contributed by atoms with Crippen LogP contribution in [0.15, 0.2) is 0 Å². The van der Waals surface area contributed by atoms with Crippen LogP contribution < -0.4 is 5.32 Å². The molecule has 2 fully saturated rings. The molecule has 82 valence electrons. The number of rotatable bonds is 3.